The molecule has 4 aromatic rings. The van der Waals surface area contributed by atoms with E-state index in [-0.39, 0.29) is 36.2 Å². The first kappa shape index (κ1) is 40.1. The Kier molecular flexibility index (Phi) is 12.3. The number of aryl methyl sites for hydroxylation is 2. The average molecular weight is 800 g/mol. The Morgan fingerprint density at radius 3 is 2.59 bits per heavy atom. The smallest absolute Gasteiger partial charge is 0.329 e. The molecule has 3 aliphatic rings. The van der Waals surface area contributed by atoms with Gasteiger partial charge < -0.3 is 19.9 Å². The van der Waals surface area contributed by atoms with Crippen molar-refractivity contribution in [3.63, 3.8) is 0 Å². The summed E-state index contributed by atoms with van der Waals surface area (Å²) in [6.45, 7) is 5.47. The van der Waals surface area contributed by atoms with E-state index in [9.17, 15) is 18.3 Å². The third-order valence-corrected chi connectivity index (χ3v) is 14.1. The van der Waals surface area contributed by atoms with E-state index in [0.717, 1.165) is 49.1 Å². The van der Waals surface area contributed by atoms with Crippen molar-refractivity contribution in [1.82, 2.24) is 9.71 Å². The predicted octanol–water partition coefficient (Wildman–Crippen LogP) is 8.74. The van der Waals surface area contributed by atoms with Crippen molar-refractivity contribution < 1.29 is 27.8 Å². The van der Waals surface area contributed by atoms with Crippen molar-refractivity contribution in [1.29, 1.82) is 0 Å². The number of nitrogens with zero attached hydrogens (tertiary/aromatic N) is 1. The number of aromatic nitrogens is 1. The minimum Gasteiger partial charge on any atom is -0.493 e. The van der Waals surface area contributed by atoms with Crippen molar-refractivity contribution in [2.45, 2.75) is 94.9 Å². The molecule has 1 heterocycles. The number of carboxylic acid groups (broad SMARTS) is 1. The molecule has 1 saturated carbocycles. The second-order valence-corrected chi connectivity index (χ2v) is 18.7. The third-order valence-electron chi connectivity index (χ3n) is 12.5. The highest BCUT2D eigenvalue weighted by atomic mass is 35.5. The summed E-state index contributed by atoms with van der Waals surface area (Å²) in [6.07, 6.45) is 9.72. The van der Waals surface area contributed by atoms with Crippen molar-refractivity contribution >= 4 is 33.3 Å². The van der Waals surface area contributed by atoms with Gasteiger partial charge in [-0.05, 0) is 140 Å². The Hall–Kier alpha value is -4.12. The van der Waals surface area contributed by atoms with Crippen molar-refractivity contribution in [2.75, 3.05) is 30.8 Å². The number of halogens is 1. The summed E-state index contributed by atoms with van der Waals surface area (Å²) in [4.78, 5) is 17.7. The number of hydrogen-bond donors (Lipinski definition) is 3. The summed E-state index contributed by atoms with van der Waals surface area (Å²) < 4.78 is 40.8. The minimum absolute atomic E-state index is 0.0110. The van der Waals surface area contributed by atoms with Gasteiger partial charge in [-0.25, -0.2) is 17.9 Å². The number of benzene rings is 3. The number of hydrogen-bond acceptors (Lipinski definition) is 7. The number of fused-ring (bicyclic) bond motifs is 3. The van der Waals surface area contributed by atoms with Gasteiger partial charge in [0.05, 0.1) is 12.4 Å². The summed E-state index contributed by atoms with van der Waals surface area (Å²) >= 11 is 6.29. The van der Waals surface area contributed by atoms with E-state index in [0.29, 0.717) is 61.1 Å². The quantitative estimate of drug-likeness (QED) is 0.0962. The van der Waals surface area contributed by atoms with Crippen molar-refractivity contribution in [2.24, 2.45) is 11.8 Å². The highest BCUT2D eigenvalue weighted by Crippen LogP contribution is 2.57. The summed E-state index contributed by atoms with van der Waals surface area (Å²) in [7, 11) is -3.46. The minimum atomic E-state index is -3.46. The zero-order valence-corrected chi connectivity index (χ0v) is 34.0. The first-order chi connectivity index (χ1) is 27.0. The van der Waals surface area contributed by atoms with Gasteiger partial charge in [-0.2, -0.15) is 0 Å². The van der Waals surface area contributed by atoms with Gasteiger partial charge in [0.25, 0.3) is 0 Å². The highest BCUT2D eigenvalue weighted by Gasteiger charge is 2.54. The number of nitrogens with one attached hydrogen (secondary N) is 2. The number of anilines is 1. The molecule has 0 radical (unpaired) electrons. The molecule has 3 N–H and O–H groups in total. The Morgan fingerprint density at radius 2 is 1.82 bits per heavy atom. The molecule has 0 amide bonds. The number of ether oxygens (including phenoxy) is 2. The summed E-state index contributed by atoms with van der Waals surface area (Å²) in [5, 5.41) is 14.6. The average Bonchev–Trinajstić information content (AvgIpc) is 3.47. The molecule has 0 saturated heterocycles. The molecule has 298 valence electrons. The first-order valence-electron chi connectivity index (χ1n) is 20.1. The molecule has 0 aliphatic heterocycles. The molecule has 1 fully saturated rings. The van der Waals surface area contributed by atoms with E-state index < -0.39 is 21.5 Å². The molecule has 0 unspecified atom stereocenters. The van der Waals surface area contributed by atoms with E-state index in [1.54, 1.807) is 12.1 Å². The molecule has 7 rings (SSSR count). The molecule has 0 bridgehead atoms. The molecule has 9 nitrogen and oxygen atoms in total. The van der Waals surface area contributed by atoms with E-state index in [1.165, 1.54) is 16.7 Å². The number of carbonyl (C=O) groups is 1. The van der Waals surface area contributed by atoms with E-state index in [4.69, 9.17) is 21.1 Å². The lowest BCUT2D eigenvalue weighted by Gasteiger charge is -2.47. The second kappa shape index (κ2) is 17.2. The summed E-state index contributed by atoms with van der Waals surface area (Å²) in [5.74, 6) is 1.77. The molecule has 11 heteroatoms. The standard InChI is InChI=1S/C45H54ClN3O6S/c1-31(30-55-41-16-22-47-40-13-6-8-32(2)42(40)41)26-35-27-34-14-15-38(54-24-23-48-56(52,53)25-17-33-9-4-3-5-10-33)29-39(34)44(35)18-20-45(21-19-44,43(50)51)49-37-12-7-11-36(46)28-37/h3-5,7,9-12,14-16,22,28-29,31-32,35,48-49H,6,8,13,17-21,23-27,30H2,1-2H3,(H,50,51)/t31-,32-,35+,44?,45?/m1/s1. The van der Waals surface area contributed by atoms with E-state index in [2.05, 4.69) is 41.0 Å². The van der Waals surface area contributed by atoms with Gasteiger partial charge in [0.15, 0.2) is 0 Å². The Morgan fingerprint density at radius 1 is 1.02 bits per heavy atom. The van der Waals surface area contributed by atoms with Crippen LogP contribution in [-0.2, 0) is 39.5 Å². The zero-order chi connectivity index (χ0) is 39.3. The van der Waals surface area contributed by atoms with Crippen LogP contribution >= 0.6 is 11.6 Å². The van der Waals surface area contributed by atoms with Gasteiger partial charge in [0, 0.05) is 34.7 Å². The van der Waals surface area contributed by atoms with Crippen LogP contribution in [-0.4, -0.2) is 55.5 Å². The zero-order valence-electron chi connectivity index (χ0n) is 32.4. The largest absolute Gasteiger partial charge is 0.493 e. The molecule has 1 spiro atoms. The lowest BCUT2D eigenvalue weighted by Crippen LogP contribution is -2.53. The van der Waals surface area contributed by atoms with Crippen molar-refractivity contribution in [3.8, 4) is 11.5 Å². The number of aliphatic carboxylic acids is 1. The Labute approximate surface area is 336 Å². The van der Waals surface area contributed by atoms with Gasteiger partial charge >= 0.3 is 5.97 Å². The van der Waals surface area contributed by atoms with Gasteiger partial charge in [-0.3, -0.25) is 4.98 Å². The maximum absolute atomic E-state index is 13.0. The second-order valence-electron chi connectivity index (χ2n) is 16.3. The van der Waals surface area contributed by atoms with Crippen LogP contribution in [0.2, 0.25) is 5.02 Å². The lowest BCUT2D eigenvalue weighted by molar-refractivity contribution is -0.144. The number of rotatable bonds is 16. The molecule has 3 aromatic carbocycles. The molecule has 56 heavy (non-hydrogen) atoms. The van der Waals surface area contributed by atoms with Crippen LogP contribution in [0.3, 0.4) is 0 Å². The first-order valence-corrected chi connectivity index (χ1v) is 22.1. The van der Waals surface area contributed by atoms with Gasteiger partial charge in [0.1, 0.15) is 23.6 Å². The van der Waals surface area contributed by atoms with Crippen molar-refractivity contribution in [3.05, 3.63) is 118 Å². The lowest BCUT2D eigenvalue weighted by atomic mass is 9.59. The number of pyridine rings is 1. The fraction of sp³-hybridized carbons (Fsp3) is 0.467. The third kappa shape index (κ3) is 9.03. The normalized spacial score (nSPS) is 23.6. The van der Waals surface area contributed by atoms with Gasteiger partial charge in [-0.1, -0.05) is 67.9 Å². The molecular weight excluding hydrogens is 746 g/mol. The van der Waals surface area contributed by atoms with E-state index in [1.807, 2.05) is 60.8 Å². The van der Waals surface area contributed by atoms with Crippen LogP contribution < -0.4 is 19.5 Å². The maximum Gasteiger partial charge on any atom is 0.329 e. The highest BCUT2D eigenvalue weighted by molar-refractivity contribution is 7.89. The SMILES string of the molecule is C[C@@H](COc1ccnc2c1[C@H](C)CCC2)C[C@H]1Cc2ccc(OCCNS(=O)(=O)CCc3ccccc3)cc2C12CCC(Nc1cccc(Cl)c1)(C(=O)O)CC2. The molecular formula is C45H54ClN3O6S. The maximum atomic E-state index is 13.0. The van der Waals surface area contributed by atoms with Crippen LogP contribution in [0.1, 0.15) is 92.7 Å². The fourth-order valence-corrected chi connectivity index (χ4v) is 10.7. The summed E-state index contributed by atoms with van der Waals surface area (Å²) in [5.41, 5.74) is 5.20. The Bertz CT molecular complexity index is 2100. The monoisotopic (exact) mass is 799 g/mol. The number of carboxylic acids is 1. The molecule has 1 aromatic heterocycles. The fourth-order valence-electron chi connectivity index (χ4n) is 9.50. The molecule has 3 atom stereocenters. The van der Waals surface area contributed by atoms with E-state index >= 15 is 0 Å². The van der Waals surface area contributed by atoms with Gasteiger partial charge in [-0.15, -0.1) is 0 Å². The van der Waals surface area contributed by atoms with Crippen LogP contribution in [0.4, 0.5) is 5.69 Å². The van der Waals surface area contributed by atoms with Crippen LogP contribution in [0.25, 0.3) is 0 Å². The van der Waals surface area contributed by atoms with Crippen LogP contribution in [0.5, 0.6) is 11.5 Å². The number of sulfonamides is 1. The van der Waals surface area contributed by atoms with Crippen LogP contribution in [0, 0.1) is 11.8 Å². The Balaban J connectivity index is 1.06. The molecule has 3 aliphatic carbocycles. The predicted molar refractivity (Wildman–Crippen MR) is 222 cm³/mol. The topological polar surface area (TPSA) is 127 Å². The van der Waals surface area contributed by atoms with Crippen LogP contribution in [0.15, 0.2) is 85.1 Å². The summed E-state index contributed by atoms with van der Waals surface area (Å²) in [6, 6.07) is 25.1. The van der Waals surface area contributed by atoms with Gasteiger partial charge in [0.2, 0.25) is 10.0 Å².